The molecule has 0 aromatic heterocycles. The van der Waals surface area contributed by atoms with E-state index < -0.39 is 0 Å². The van der Waals surface area contributed by atoms with Crippen LogP contribution in [0.2, 0.25) is 5.02 Å². The van der Waals surface area contributed by atoms with Crippen LogP contribution in [-0.4, -0.2) is 6.10 Å². The molecule has 0 saturated carbocycles. The molecule has 2 atom stereocenters. The lowest BCUT2D eigenvalue weighted by Gasteiger charge is -2.17. The van der Waals surface area contributed by atoms with Gasteiger partial charge in [0.05, 0.1) is 6.10 Å². The summed E-state index contributed by atoms with van der Waals surface area (Å²) in [6, 6.07) is 5.66. The first-order valence-corrected chi connectivity index (χ1v) is 6.49. The summed E-state index contributed by atoms with van der Waals surface area (Å²) in [6.45, 7) is 8.37. The summed E-state index contributed by atoms with van der Waals surface area (Å²) in [5, 5.41) is 0.675. The molecule has 1 aromatic carbocycles. The molecule has 0 spiro atoms. The van der Waals surface area contributed by atoms with Gasteiger partial charge in [-0.15, -0.1) is 0 Å². The molecule has 0 fully saturated rings. The summed E-state index contributed by atoms with van der Waals surface area (Å²) >= 11 is 6.15. The molecule has 1 rings (SSSR count). The Hall–Kier alpha value is -0.730. The molecule has 17 heavy (non-hydrogen) atoms. The number of halogens is 1. The zero-order valence-corrected chi connectivity index (χ0v) is 11.8. The Bertz CT molecular complexity index is 363. The Balaban J connectivity index is 2.70. The maximum Gasteiger partial charge on any atom is 0.121 e. The first kappa shape index (κ1) is 14.3. The molecule has 3 heteroatoms. The van der Waals surface area contributed by atoms with Crippen LogP contribution in [0.25, 0.3) is 0 Å². The molecule has 0 heterocycles. The van der Waals surface area contributed by atoms with Gasteiger partial charge in [0.15, 0.2) is 0 Å². The van der Waals surface area contributed by atoms with Gasteiger partial charge < -0.3 is 10.5 Å². The first-order valence-electron chi connectivity index (χ1n) is 6.11. The minimum Gasteiger partial charge on any atom is -0.491 e. The fourth-order valence-electron chi connectivity index (χ4n) is 1.89. The molecule has 0 amide bonds. The monoisotopic (exact) mass is 255 g/mol. The Morgan fingerprint density at radius 2 is 1.88 bits per heavy atom. The van der Waals surface area contributed by atoms with Crippen molar-refractivity contribution in [2.24, 2.45) is 11.7 Å². The molecule has 2 N–H and O–H groups in total. The Morgan fingerprint density at radius 1 is 1.24 bits per heavy atom. The van der Waals surface area contributed by atoms with Gasteiger partial charge in [-0.05, 0) is 43.9 Å². The molecule has 1 aromatic rings. The smallest absolute Gasteiger partial charge is 0.121 e. The fourth-order valence-corrected chi connectivity index (χ4v) is 2.24. The van der Waals surface area contributed by atoms with Crippen molar-refractivity contribution in [3.63, 3.8) is 0 Å². The third-order valence-corrected chi connectivity index (χ3v) is 2.93. The number of hydrogen-bond acceptors (Lipinski definition) is 2. The zero-order chi connectivity index (χ0) is 13.0. The van der Waals surface area contributed by atoms with Crippen molar-refractivity contribution >= 4 is 11.6 Å². The lowest BCUT2D eigenvalue weighted by molar-refractivity contribution is 0.193. The summed E-state index contributed by atoms with van der Waals surface area (Å²) in [5.74, 6) is 1.44. The van der Waals surface area contributed by atoms with Gasteiger partial charge in [-0.1, -0.05) is 31.5 Å². The standard InChI is InChI=1S/C14H22ClNO/c1-9(2)7-10(3)17-12-5-6-13(11(4)16)14(15)8-12/h5-6,8-11H,7,16H2,1-4H3. The van der Waals surface area contributed by atoms with Crippen LogP contribution in [-0.2, 0) is 0 Å². The minimum absolute atomic E-state index is 0.0513. The molecule has 2 nitrogen and oxygen atoms in total. The van der Waals surface area contributed by atoms with Crippen molar-refractivity contribution in [1.29, 1.82) is 0 Å². The van der Waals surface area contributed by atoms with Gasteiger partial charge in [0.2, 0.25) is 0 Å². The Morgan fingerprint density at radius 3 is 2.35 bits per heavy atom. The topological polar surface area (TPSA) is 35.2 Å². The number of ether oxygens (including phenoxy) is 1. The lowest BCUT2D eigenvalue weighted by Crippen LogP contribution is -2.14. The number of nitrogens with two attached hydrogens (primary N) is 1. The van der Waals surface area contributed by atoms with Crippen LogP contribution >= 0.6 is 11.6 Å². The van der Waals surface area contributed by atoms with E-state index in [4.69, 9.17) is 22.1 Å². The predicted octanol–water partition coefficient (Wildman–Crippen LogP) is 4.17. The molecule has 0 saturated heterocycles. The molecular weight excluding hydrogens is 234 g/mol. The van der Waals surface area contributed by atoms with Crippen LogP contribution in [0.5, 0.6) is 5.75 Å². The summed E-state index contributed by atoms with van der Waals surface area (Å²) in [4.78, 5) is 0. The van der Waals surface area contributed by atoms with Crippen LogP contribution in [0.3, 0.4) is 0 Å². The average molecular weight is 256 g/mol. The van der Waals surface area contributed by atoms with E-state index in [1.54, 1.807) is 0 Å². The maximum atomic E-state index is 6.15. The highest BCUT2D eigenvalue weighted by Gasteiger charge is 2.10. The second-order valence-corrected chi connectivity index (χ2v) is 5.44. The van der Waals surface area contributed by atoms with E-state index in [9.17, 15) is 0 Å². The highest BCUT2D eigenvalue weighted by Crippen LogP contribution is 2.27. The fraction of sp³-hybridized carbons (Fsp3) is 0.571. The first-order chi connectivity index (χ1) is 7.90. The van der Waals surface area contributed by atoms with E-state index >= 15 is 0 Å². The van der Waals surface area contributed by atoms with Gasteiger partial charge in [0.1, 0.15) is 5.75 Å². The Kier molecular flexibility index (Phi) is 5.29. The highest BCUT2D eigenvalue weighted by atomic mass is 35.5. The lowest BCUT2D eigenvalue weighted by atomic mass is 10.1. The summed E-state index contributed by atoms with van der Waals surface area (Å²) < 4.78 is 5.82. The van der Waals surface area contributed by atoms with E-state index in [1.165, 1.54) is 0 Å². The Labute approximate surface area is 109 Å². The van der Waals surface area contributed by atoms with E-state index in [0.29, 0.717) is 10.9 Å². The van der Waals surface area contributed by atoms with Crippen LogP contribution in [0.4, 0.5) is 0 Å². The molecule has 2 unspecified atom stereocenters. The number of hydrogen-bond donors (Lipinski definition) is 1. The second kappa shape index (κ2) is 6.27. The highest BCUT2D eigenvalue weighted by molar-refractivity contribution is 6.31. The van der Waals surface area contributed by atoms with Crippen molar-refractivity contribution < 1.29 is 4.74 Å². The second-order valence-electron chi connectivity index (χ2n) is 5.03. The summed E-state index contributed by atoms with van der Waals surface area (Å²) in [7, 11) is 0. The molecule has 0 aliphatic rings. The zero-order valence-electron chi connectivity index (χ0n) is 11.0. The summed E-state index contributed by atoms with van der Waals surface area (Å²) in [5.41, 5.74) is 6.76. The van der Waals surface area contributed by atoms with Gasteiger partial charge in [-0.2, -0.15) is 0 Å². The molecule has 96 valence electrons. The molecular formula is C14H22ClNO. The third kappa shape index (κ3) is 4.57. The van der Waals surface area contributed by atoms with Gasteiger partial charge in [-0.25, -0.2) is 0 Å². The van der Waals surface area contributed by atoms with Crippen LogP contribution in [0.15, 0.2) is 18.2 Å². The van der Waals surface area contributed by atoms with Crippen LogP contribution in [0.1, 0.15) is 45.7 Å². The van der Waals surface area contributed by atoms with Gasteiger partial charge in [0, 0.05) is 11.1 Å². The SMILES string of the molecule is CC(C)CC(C)Oc1ccc(C(C)N)c(Cl)c1. The third-order valence-electron chi connectivity index (χ3n) is 2.60. The predicted molar refractivity (Wildman–Crippen MR) is 73.6 cm³/mol. The van der Waals surface area contributed by atoms with Crippen LogP contribution in [0, 0.1) is 5.92 Å². The quantitative estimate of drug-likeness (QED) is 0.857. The van der Waals surface area contributed by atoms with Crippen molar-refractivity contribution in [3.8, 4) is 5.75 Å². The average Bonchev–Trinajstić information content (AvgIpc) is 2.15. The molecule has 0 bridgehead atoms. The van der Waals surface area contributed by atoms with E-state index in [2.05, 4.69) is 20.8 Å². The minimum atomic E-state index is -0.0513. The molecule has 0 radical (unpaired) electrons. The van der Waals surface area contributed by atoms with Gasteiger partial charge in [-0.3, -0.25) is 0 Å². The van der Waals surface area contributed by atoms with Gasteiger partial charge >= 0.3 is 0 Å². The largest absolute Gasteiger partial charge is 0.491 e. The molecule has 0 aliphatic carbocycles. The van der Waals surface area contributed by atoms with Gasteiger partial charge in [0.25, 0.3) is 0 Å². The normalized spacial score (nSPS) is 14.8. The number of benzene rings is 1. The van der Waals surface area contributed by atoms with Crippen molar-refractivity contribution in [2.75, 3.05) is 0 Å². The summed E-state index contributed by atoms with van der Waals surface area (Å²) in [6.07, 6.45) is 1.24. The van der Waals surface area contributed by atoms with Crippen molar-refractivity contribution in [3.05, 3.63) is 28.8 Å². The van der Waals surface area contributed by atoms with Crippen molar-refractivity contribution in [2.45, 2.75) is 46.3 Å². The maximum absolute atomic E-state index is 6.15. The molecule has 0 aliphatic heterocycles. The number of rotatable bonds is 5. The van der Waals surface area contributed by atoms with E-state index in [-0.39, 0.29) is 12.1 Å². The van der Waals surface area contributed by atoms with Crippen LogP contribution < -0.4 is 10.5 Å². The van der Waals surface area contributed by atoms with E-state index in [1.807, 2.05) is 25.1 Å². The van der Waals surface area contributed by atoms with E-state index in [0.717, 1.165) is 17.7 Å². The van der Waals surface area contributed by atoms with Crippen molar-refractivity contribution in [1.82, 2.24) is 0 Å².